The van der Waals surface area contributed by atoms with Gasteiger partial charge in [-0.2, -0.15) is 15.1 Å². The number of aliphatic hydroxyl groups is 1. The molecule has 3 rings (SSSR count). The average Bonchev–Trinajstić information content (AvgIpc) is 2.85. The number of nitrogens with zero attached hydrogens (tertiary/aromatic N) is 4. The van der Waals surface area contributed by atoms with Crippen LogP contribution in [0.1, 0.15) is 12.8 Å². The number of nitrogens with two attached hydrogens (primary N) is 1. The van der Waals surface area contributed by atoms with Crippen molar-refractivity contribution < 1.29 is 13.9 Å². The number of aromatic nitrogens is 4. The predicted molar refractivity (Wildman–Crippen MR) is 68.5 cm³/mol. The number of hydrogen-bond donors (Lipinski definition) is 3. The Morgan fingerprint density at radius 3 is 3.00 bits per heavy atom. The maximum absolute atomic E-state index is 13.0. The molecular formula is C11H14F2N6O. The maximum Gasteiger partial charge on any atom is 0.268 e. The number of nitrogen functional groups attached to an aromatic ring is 1. The Labute approximate surface area is 112 Å². The summed E-state index contributed by atoms with van der Waals surface area (Å²) in [6.45, 7) is 0.327. The minimum absolute atomic E-state index is 0.0305. The number of piperidine rings is 1. The van der Waals surface area contributed by atoms with Crippen molar-refractivity contribution in [1.29, 1.82) is 0 Å². The van der Waals surface area contributed by atoms with Crippen molar-refractivity contribution in [3.63, 3.8) is 0 Å². The fourth-order valence-electron chi connectivity index (χ4n) is 2.50. The lowest BCUT2D eigenvalue weighted by Crippen LogP contribution is -2.53. The minimum atomic E-state index is -2.80. The number of H-pyrrole nitrogens is 1. The zero-order valence-corrected chi connectivity index (χ0v) is 10.6. The normalized spacial score (nSPS) is 23.7. The molecule has 20 heavy (non-hydrogen) atoms. The predicted octanol–water partition coefficient (Wildman–Crippen LogP) is 0.531. The standard InChI is InChI=1S/C11H14F2N6O/c12-9(13)11(20)2-1-3-19(5-11)8-6-4-15-18-7(6)16-10(14)17-8/h4,9,20H,1-3,5H2,(H3,14,15,16,17,18). The molecule has 1 atom stereocenters. The molecular weight excluding hydrogens is 270 g/mol. The lowest BCUT2D eigenvalue weighted by Gasteiger charge is -2.39. The van der Waals surface area contributed by atoms with Gasteiger partial charge in [0.2, 0.25) is 5.95 Å². The summed E-state index contributed by atoms with van der Waals surface area (Å²) in [5.74, 6) is 0.447. The maximum atomic E-state index is 13.0. The number of fused-ring (bicyclic) bond motifs is 1. The highest BCUT2D eigenvalue weighted by molar-refractivity contribution is 5.87. The third-order valence-corrected chi connectivity index (χ3v) is 3.52. The second-order valence-electron chi connectivity index (χ2n) is 4.97. The fourth-order valence-corrected chi connectivity index (χ4v) is 2.50. The summed E-state index contributed by atoms with van der Waals surface area (Å²) >= 11 is 0. The van der Waals surface area contributed by atoms with Gasteiger partial charge in [-0.1, -0.05) is 0 Å². The Hall–Kier alpha value is -2.03. The molecule has 0 amide bonds. The van der Waals surface area contributed by atoms with Crippen molar-refractivity contribution in [3.05, 3.63) is 6.20 Å². The Morgan fingerprint density at radius 2 is 2.25 bits per heavy atom. The summed E-state index contributed by atoms with van der Waals surface area (Å²) < 4.78 is 25.9. The highest BCUT2D eigenvalue weighted by Crippen LogP contribution is 2.32. The van der Waals surface area contributed by atoms with Gasteiger partial charge in [0.25, 0.3) is 6.43 Å². The van der Waals surface area contributed by atoms with Gasteiger partial charge >= 0.3 is 0 Å². The van der Waals surface area contributed by atoms with Gasteiger partial charge in [-0.15, -0.1) is 0 Å². The lowest BCUT2D eigenvalue weighted by molar-refractivity contribution is -0.101. The zero-order valence-electron chi connectivity index (χ0n) is 10.6. The molecule has 1 aliphatic rings. The van der Waals surface area contributed by atoms with Gasteiger partial charge < -0.3 is 15.7 Å². The molecule has 2 aromatic heterocycles. The highest BCUT2D eigenvalue weighted by atomic mass is 19.3. The van der Waals surface area contributed by atoms with E-state index in [4.69, 9.17) is 5.73 Å². The molecule has 0 aliphatic carbocycles. The SMILES string of the molecule is Nc1nc(N2CCCC(O)(C(F)F)C2)c2cn[nH]c2n1. The molecule has 1 aliphatic heterocycles. The van der Waals surface area contributed by atoms with E-state index < -0.39 is 12.0 Å². The summed E-state index contributed by atoms with van der Waals surface area (Å²) in [6.07, 6.45) is -0.773. The molecule has 2 aromatic rings. The number of aromatic amines is 1. The van der Waals surface area contributed by atoms with Gasteiger partial charge in [0.05, 0.1) is 18.1 Å². The van der Waals surface area contributed by atoms with Crippen molar-refractivity contribution >= 4 is 22.8 Å². The molecule has 0 spiro atoms. The number of anilines is 2. The largest absolute Gasteiger partial charge is 0.382 e. The fraction of sp³-hybridized carbons (Fsp3) is 0.545. The number of nitrogens with one attached hydrogen (secondary N) is 1. The van der Waals surface area contributed by atoms with E-state index in [0.717, 1.165) is 0 Å². The van der Waals surface area contributed by atoms with Crippen LogP contribution in [0.3, 0.4) is 0 Å². The van der Waals surface area contributed by atoms with E-state index in [1.807, 2.05) is 0 Å². The molecule has 4 N–H and O–H groups in total. The van der Waals surface area contributed by atoms with Crippen LogP contribution in [-0.2, 0) is 0 Å². The number of β-amino-alcohol motifs (C(OH)–C–C–N with tert-alkyl or cyclic N) is 1. The van der Waals surface area contributed by atoms with Crippen molar-refractivity contribution in [3.8, 4) is 0 Å². The van der Waals surface area contributed by atoms with Gasteiger partial charge in [-0.3, -0.25) is 5.10 Å². The van der Waals surface area contributed by atoms with E-state index in [1.165, 1.54) is 6.20 Å². The summed E-state index contributed by atoms with van der Waals surface area (Å²) in [4.78, 5) is 9.68. The van der Waals surface area contributed by atoms with E-state index in [1.54, 1.807) is 4.90 Å². The van der Waals surface area contributed by atoms with E-state index >= 15 is 0 Å². The molecule has 7 nitrogen and oxygen atoms in total. The average molecular weight is 284 g/mol. The molecule has 1 unspecified atom stereocenters. The van der Waals surface area contributed by atoms with Crippen LogP contribution in [0.15, 0.2) is 6.20 Å². The van der Waals surface area contributed by atoms with Gasteiger partial charge in [0.1, 0.15) is 11.4 Å². The van der Waals surface area contributed by atoms with Crippen LogP contribution in [0.25, 0.3) is 11.0 Å². The number of halogens is 2. The van der Waals surface area contributed by atoms with Crippen LogP contribution in [0.5, 0.6) is 0 Å². The first-order valence-corrected chi connectivity index (χ1v) is 6.22. The topological polar surface area (TPSA) is 104 Å². The molecule has 108 valence electrons. The van der Waals surface area contributed by atoms with Crippen LogP contribution in [0.2, 0.25) is 0 Å². The van der Waals surface area contributed by atoms with Gasteiger partial charge in [-0.25, -0.2) is 8.78 Å². The first-order chi connectivity index (χ1) is 9.49. The Morgan fingerprint density at radius 1 is 1.45 bits per heavy atom. The smallest absolute Gasteiger partial charge is 0.268 e. The first-order valence-electron chi connectivity index (χ1n) is 6.22. The quantitative estimate of drug-likeness (QED) is 0.743. The Balaban J connectivity index is 2.00. The molecule has 0 radical (unpaired) electrons. The minimum Gasteiger partial charge on any atom is -0.382 e. The molecule has 3 heterocycles. The zero-order chi connectivity index (χ0) is 14.3. The lowest BCUT2D eigenvalue weighted by atomic mass is 9.93. The highest BCUT2D eigenvalue weighted by Gasteiger charge is 2.42. The molecule has 0 saturated carbocycles. The number of hydrogen-bond acceptors (Lipinski definition) is 6. The van der Waals surface area contributed by atoms with E-state index in [0.29, 0.717) is 29.8 Å². The van der Waals surface area contributed by atoms with Crippen molar-refractivity contribution in [2.24, 2.45) is 0 Å². The van der Waals surface area contributed by atoms with E-state index in [-0.39, 0.29) is 18.9 Å². The summed E-state index contributed by atoms with van der Waals surface area (Å²) in [7, 11) is 0. The Kier molecular flexibility index (Phi) is 2.93. The molecule has 0 bridgehead atoms. The van der Waals surface area contributed by atoms with Gasteiger partial charge in [-0.05, 0) is 12.8 Å². The second-order valence-corrected chi connectivity index (χ2v) is 4.97. The van der Waals surface area contributed by atoms with Crippen LogP contribution in [0, 0.1) is 0 Å². The molecule has 1 saturated heterocycles. The Bertz CT molecular complexity index is 632. The third kappa shape index (κ3) is 2.03. The first kappa shape index (κ1) is 13.0. The number of rotatable bonds is 2. The summed E-state index contributed by atoms with van der Waals surface area (Å²) in [5, 5.41) is 17.1. The molecule has 9 heteroatoms. The van der Waals surface area contributed by atoms with Crippen molar-refractivity contribution in [2.75, 3.05) is 23.7 Å². The molecule has 0 aromatic carbocycles. The third-order valence-electron chi connectivity index (χ3n) is 3.52. The summed E-state index contributed by atoms with van der Waals surface area (Å²) in [6, 6.07) is 0. The van der Waals surface area contributed by atoms with Gasteiger partial charge in [0, 0.05) is 6.54 Å². The van der Waals surface area contributed by atoms with Gasteiger partial charge in [0.15, 0.2) is 5.65 Å². The van der Waals surface area contributed by atoms with E-state index in [9.17, 15) is 13.9 Å². The van der Waals surface area contributed by atoms with Crippen LogP contribution in [-0.4, -0.2) is 50.4 Å². The van der Waals surface area contributed by atoms with Crippen LogP contribution < -0.4 is 10.6 Å². The molecule has 1 fully saturated rings. The van der Waals surface area contributed by atoms with Crippen molar-refractivity contribution in [2.45, 2.75) is 24.9 Å². The summed E-state index contributed by atoms with van der Waals surface area (Å²) in [5.41, 5.74) is 4.03. The van der Waals surface area contributed by atoms with E-state index in [2.05, 4.69) is 20.2 Å². The second kappa shape index (κ2) is 4.51. The van der Waals surface area contributed by atoms with Crippen LogP contribution >= 0.6 is 0 Å². The number of alkyl halides is 2. The monoisotopic (exact) mass is 284 g/mol. The van der Waals surface area contributed by atoms with Crippen molar-refractivity contribution in [1.82, 2.24) is 20.2 Å². The van der Waals surface area contributed by atoms with Crippen LogP contribution in [0.4, 0.5) is 20.5 Å².